The third kappa shape index (κ3) is 0.833. The van der Waals surface area contributed by atoms with Gasteiger partial charge in [0, 0.05) is 13.2 Å². The van der Waals surface area contributed by atoms with E-state index in [0.29, 0.717) is 6.10 Å². The molecule has 0 unspecified atom stereocenters. The quantitative estimate of drug-likeness (QED) is 0.510. The van der Waals surface area contributed by atoms with Gasteiger partial charge >= 0.3 is 0 Å². The Hall–Kier alpha value is -0.830. The van der Waals surface area contributed by atoms with Crippen molar-refractivity contribution >= 4 is 0 Å². The molecule has 3 nitrogen and oxygen atoms in total. The first-order valence-electron chi connectivity index (χ1n) is 2.97. The molecule has 1 atom stereocenters. The minimum atomic E-state index is 0.297. The molecule has 0 N–H and O–H groups in total. The number of hydrogen-bond acceptors (Lipinski definition) is 2. The summed E-state index contributed by atoms with van der Waals surface area (Å²) in [6.45, 7) is 0.844. The number of epoxide rings is 1. The summed E-state index contributed by atoms with van der Waals surface area (Å²) in [5.74, 6) is 0. The lowest BCUT2D eigenvalue weighted by Crippen LogP contribution is -1.89. The number of nitrogens with zero attached hydrogens (tertiary/aromatic N) is 2. The Morgan fingerprint density at radius 1 is 1.89 bits per heavy atom. The van der Waals surface area contributed by atoms with E-state index in [1.807, 2.05) is 19.3 Å². The van der Waals surface area contributed by atoms with Crippen LogP contribution in [0, 0.1) is 0 Å². The molecule has 0 amide bonds. The van der Waals surface area contributed by atoms with Crippen LogP contribution in [0.4, 0.5) is 0 Å². The molecule has 0 aliphatic carbocycles. The average Bonchev–Trinajstić information content (AvgIpc) is 2.58. The lowest BCUT2D eigenvalue weighted by molar-refractivity contribution is 0.409. The van der Waals surface area contributed by atoms with Gasteiger partial charge in [-0.2, -0.15) is 5.10 Å². The highest BCUT2D eigenvalue weighted by molar-refractivity contribution is 5.06. The first-order chi connectivity index (χ1) is 4.36. The van der Waals surface area contributed by atoms with Crippen LogP contribution >= 0.6 is 0 Å². The SMILES string of the molecule is Cn1ccc([C@@H]2CO2)n1. The average molecular weight is 124 g/mol. The molecular formula is C6H8N2O. The maximum Gasteiger partial charge on any atom is 0.125 e. The Bertz CT molecular complexity index is 215. The lowest BCUT2D eigenvalue weighted by atomic mass is 10.3. The van der Waals surface area contributed by atoms with E-state index < -0.39 is 0 Å². The van der Waals surface area contributed by atoms with Gasteiger partial charge in [0.25, 0.3) is 0 Å². The second kappa shape index (κ2) is 1.57. The highest BCUT2D eigenvalue weighted by Gasteiger charge is 2.26. The number of hydrogen-bond donors (Lipinski definition) is 0. The fraction of sp³-hybridized carbons (Fsp3) is 0.500. The first-order valence-corrected chi connectivity index (χ1v) is 2.97. The molecule has 1 aliphatic rings. The van der Waals surface area contributed by atoms with Crippen LogP contribution < -0.4 is 0 Å². The van der Waals surface area contributed by atoms with Crippen LogP contribution in [0.1, 0.15) is 11.8 Å². The molecule has 1 aromatic heterocycles. The lowest BCUT2D eigenvalue weighted by Gasteiger charge is -1.83. The Balaban J connectivity index is 2.28. The van der Waals surface area contributed by atoms with Crippen molar-refractivity contribution in [1.29, 1.82) is 0 Å². The summed E-state index contributed by atoms with van der Waals surface area (Å²) in [4.78, 5) is 0. The molecular weight excluding hydrogens is 116 g/mol. The van der Waals surface area contributed by atoms with E-state index in [4.69, 9.17) is 4.74 Å². The fourth-order valence-electron chi connectivity index (χ4n) is 0.824. The van der Waals surface area contributed by atoms with Crippen molar-refractivity contribution in [3.63, 3.8) is 0 Å². The van der Waals surface area contributed by atoms with Crippen molar-refractivity contribution in [1.82, 2.24) is 9.78 Å². The highest BCUT2D eigenvalue weighted by Crippen LogP contribution is 2.27. The van der Waals surface area contributed by atoms with Crippen molar-refractivity contribution < 1.29 is 4.74 Å². The van der Waals surface area contributed by atoms with E-state index in [-0.39, 0.29) is 0 Å². The number of aryl methyl sites for hydroxylation is 1. The summed E-state index contributed by atoms with van der Waals surface area (Å²) >= 11 is 0. The van der Waals surface area contributed by atoms with Crippen LogP contribution in [-0.4, -0.2) is 16.4 Å². The van der Waals surface area contributed by atoms with Crippen molar-refractivity contribution in [3.05, 3.63) is 18.0 Å². The predicted molar refractivity (Wildman–Crippen MR) is 31.9 cm³/mol. The molecule has 0 saturated carbocycles. The van der Waals surface area contributed by atoms with Crippen LogP contribution in [0.15, 0.2) is 12.3 Å². The molecule has 2 rings (SSSR count). The molecule has 0 bridgehead atoms. The molecule has 0 aromatic carbocycles. The molecule has 3 heteroatoms. The zero-order chi connectivity index (χ0) is 6.27. The Morgan fingerprint density at radius 3 is 3.11 bits per heavy atom. The van der Waals surface area contributed by atoms with Gasteiger partial charge in [-0.3, -0.25) is 4.68 Å². The molecule has 2 heterocycles. The van der Waals surface area contributed by atoms with Gasteiger partial charge in [0.2, 0.25) is 0 Å². The second-order valence-corrected chi connectivity index (χ2v) is 2.24. The molecule has 48 valence electrons. The largest absolute Gasteiger partial charge is 0.366 e. The summed E-state index contributed by atoms with van der Waals surface area (Å²) in [6.07, 6.45) is 2.22. The van der Waals surface area contributed by atoms with E-state index in [2.05, 4.69) is 5.10 Å². The molecule has 1 fully saturated rings. The second-order valence-electron chi connectivity index (χ2n) is 2.24. The minimum absolute atomic E-state index is 0.297. The van der Waals surface area contributed by atoms with Crippen LogP contribution in [0.25, 0.3) is 0 Å². The molecule has 1 saturated heterocycles. The van der Waals surface area contributed by atoms with E-state index >= 15 is 0 Å². The maximum atomic E-state index is 5.03. The zero-order valence-electron chi connectivity index (χ0n) is 5.24. The zero-order valence-corrected chi connectivity index (χ0v) is 5.24. The van der Waals surface area contributed by atoms with Crippen molar-refractivity contribution in [2.24, 2.45) is 7.05 Å². The Kier molecular flexibility index (Phi) is 0.873. The smallest absolute Gasteiger partial charge is 0.125 e. The Labute approximate surface area is 53.2 Å². The van der Waals surface area contributed by atoms with Gasteiger partial charge in [0.1, 0.15) is 6.10 Å². The molecule has 1 aliphatic heterocycles. The van der Waals surface area contributed by atoms with Crippen LogP contribution in [-0.2, 0) is 11.8 Å². The standard InChI is InChI=1S/C6H8N2O/c1-8-3-2-5(7-8)6-4-9-6/h2-3,6H,4H2,1H3/t6-/m0/s1. The van der Waals surface area contributed by atoms with Gasteiger partial charge in [-0.05, 0) is 6.07 Å². The summed E-state index contributed by atoms with van der Waals surface area (Å²) in [5.41, 5.74) is 1.05. The van der Waals surface area contributed by atoms with Crippen LogP contribution in [0.5, 0.6) is 0 Å². The van der Waals surface area contributed by atoms with Gasteiger partial charge in [-0.25, -0.2) is 0 Å². The number of rotatable bonds is 1. The minimum Gasteiger partial charge on any atom is -0.366 e. The Morgan fingerprint density at radius 2 is 2.67 bits per heavy atom. The summed E-state index contributed by atoms with van der Waals surface area (Å²) in [7, 11) is 1.91. The summed E-state index contributed by atoms with van der Waals surface area (Å²) < 4.78 is 6.82. The fourth-order valence-corrected chi connectivity index (χ4v) is 0.824. The molecule has 9 heavy (non-hydrogen) atoms. The normalized spacial score (nSPS) is 24.3. The highest BCUT2D eigenvalue weighted by atomic mass is 16.6. The van der Waals surface area contributed by atoms with Crippen LogP contribution in [0.2, 0.25) is 0 Å². The predicted octanol–water partition coefficient (Wildman–Crippen LogP) is 0.491. The third-order valence-electron chi connectivity index (χ3n) is 1.40. The van der Waals surface area contributed by atoms with Gasteiger partial charge in [0.05, 0.1) is 12.3 Å². The van der Waals surface area contributed by atoms with Gasteiger partial charge in [-0.1, -0.05) is 0 Å². The van der Waals surface area contributed by atoms with Gasteiger partial charge in [0.15, 0.2) is 0 Å². The van der Waals surface area contributed by atoms with Crippen LogP contribution in [0.3, 0.4) is 0 Å². The molecule has 0 radical (unpaired) electrons. The molecule has 0 spiro atoms. The molecule has 1 aromatic rings. The van der Waals surface area contributed by atoms with Gasteiger partial charge in [-0.15, -0.1) is 0 Å². The number of aromatic nitrogens is 2. The van der Waals surface area contributed by atoms with Crippen molar-refractivity contribution in [2.45, 2.75) is 6.10 Å². The number of ether oxygens (including phenoxy) is 1. The third-order valence-corrected chi connectivity index (χ3v) is 1.40. The summed E-state index contributed by atoms with van der Waals surface area (Å²) in [5, 5.41) is 4.16. The van der Waals surface area contributed by atoms with E-state index in [1.165, 1.54) is 0 Å². The van der Waals surface area contributed by atoms with E-state index in [0.717, 1.165) is 12.3 Å². The van der Waals surface area contributed by atoms with Crippen molar-refractivity contribution in [3.8, 4) is 0 Å². The van der Waals surface area contributed by atoms with Crippen molar-refractivity contribution in [2.75, 3.05) is 6.61 Å². The topological polar surface area (TPSA) is 30.4 Å². The van der Waals surface area contributed by atoms with Gasteiger partial charge < -0.3 is 4.74 Å². The summed E-state index contributed by atoms with van der Waals surface area (Å²) in [6, 6.07) is 1.98. The monoisotopic (exact) mass is 124 g/mol. The maximum absolute atomic E-state index is 5.03. The van der Waals surface area contributed by atoms with E-state index in [9.17, 15) is 0 Å². The van der Waals surface area contributed by atoms with E-state index in [1.54, 1.807) is 4.68 Å². The first kappa shape index (κ1) is 4.99.